The molecule has 0 fully saturated rings. The van der Waals surface area contributed by atoms with Crippen LogP contribution < -0.4 is 10.5 Å². The maximum absolute atomic E-state index is 6.01. The van der Waals surface area contributed by atoms with E-state index in [0.717, 1.165) is 22.7 Å². The Hall–Kier alpha value is -1.65. The minimum absolute atomic E-state index is 0.303. The zero-order valence-corrected chi connectivity index (χ0v) is 11.0. The van der Waals surface area contributed by atoms with Gasteiger partial charge in [0.05, 0.1) is 19.3 Å². The van der Waals surface area contributed by atoms with Crippen LogP contribution in [0.5, 0.6) is 5.75 Å². The van der Waals surface area contributed by atoms with Crippen LogP contribution in [-0.2, 0) is 6.54 Å². The number of hydrogen-bond acceptors (Lipinski definition) is 4. The van der Waals surface area contributed by atoms with Crippen molar-refractivity contribution in [2.24, 2.45) is 5.73 Å². The SMILES string of the molecule is COc1ccc(Cl)cc1-c1cc(C)nc(CN)n1. The van der Waals surface area contributed by atoms with Crippen LogP contribution >= 0.6 is 11.6 Å². The molecule has 0 aliphatic rings. The predicted molar refractivity (Wildman–Crippen MR) is 71.7 cm³/mol. The summed E-state index contributed by atoms with van der Waals surface area (Å²) in [7, 11) is 1.62. The molecule has 18 heavy (non-hydrogen) atoms. The number of halogens is 1. The first-order valence-electron chi connectivity index (χ1n) is 5.52. The second kappa shape index (κ2) is 5.33. The lowest BCUT2D eigenvalue weighted by atomic mass is 10.1. The van der Waals surface area contributed by atoms with E-state index in [1.165, 1.54) is 0 Å². The number of rotatable bonds is 3. The van der Waals surface area contributed by atoms with Gasteiger partial charge in [-0.3, -0.25) is 0 Å². The summed E-state index contributed by atoms with van der Waals surface area (Å²) in [5.41, 5.74) is 8.05. The molecule has 0 aliphatic carbocycles. The van der Waals surface area contributed by atoms with Crippen molar-refractivity contribution in [2.75, 3.05) is 7.11 Å². The predicted octanol–water partition coefficient (Wildman–Crippen LogP) is 2.57. The molecule has 2 rings (SSSR count). The third kappa shape index (κ3) is 2.60. The molecule has 4 nitrogen and oxygen atoms in total. The van der Waals surface area contributed by atoms with Gasteiger partial charge in [0.25, 0.3) is 0 Å². The first-order valence-corrected chi connectivity index (χ1v) is 5.90. The molecule has 0 atom stereocenters. The van der Waals surface area contributed by atoms with Gasteiger partial charge in [-0.1, -0.05) is 11.6 Å². The van der Waals surface area contributed by atoms with E-state index >= 15 is 0 Å². The van der Waals surface area contributed by atoms with Crippen LogP contribution in [0.4, 0.5) is 0 Å². The van der Waals surface area contributed by atoms with E-state index in [-0.39, 0.29) is 0 Å². The van der Waals surface area contributed by atoms with Gasteiger partial charge in [0.1, 0.15) is 11.6 Å². The molecule has 0 radical (unpaired) electrons. The quantitative estimate of drug-likeness (QED) is 0.925. The second-order valence-corrected chi connectivity index (χ2v) is 4.30. The van der Waals surface area contributed by atoms with E-state index in [1.54, 1.807) is 13.2 Å². The summed E-state index contributed by atoms with van der Waals surface area (Å²) in [4.78, 5) is 8.64. The van der Waals surface area contributed by atoms with E-state index in [0.29, 0.717) is 17.4 Å². The highest BCUT2D eigenvalue weighted by Gasteiger charge is 2.10. The minimum atomic E-state index is 0.303. The summed E-state index contributed by atoms with van der Waals surface area (Å²) in [5, 5.41) is 0.636. The van der Waals surface area contributed by atoms with Crippen LogP contribution in [0.3, 0.4) is 0 Å². The smallest absolute Gasteiger partial charge is 0.142 e. The van der Waals surface area contributed by atoms with Gasteiger partial charge in [0, 0.05) is 16.3 Å². The number of hydrogen-bond donors (Lipinski definition) is 1. The first kappa shape index (κ1) is 12.8. The van der Waals surface area contributed by atoms with E-state index in [4.69, 9.17) is 22.1 Å². The van der Waals surface area contributed by atoms with Crippen LogP contribution in [0.1, 0.15) is 11.5 Å². The van der Waals surface area contributed by atoms with Crippen molar-refractivity contribution in [3.8, 4) is 17.0 Å². The maximum atomic E-state index is 6.01. The summed E-state index contributed by atoms with van der Waals surface area (Å²) in [6, 6.07) is 7.30. The number of nitrogens with two attached hydrogens (primary N) is 1. The summed E-state index contributed by atoms with van der Waals surface area (Å²) >= 11 is 6.01. The molecule has 2 aromatic rings. The molecular weight excluding hydrogens is 250 g/mol. The standard InChI is InChI=1S/C13H14ClN3O/c1-8-5-11(17-13(7-15)16-8)10-6-9(14)3-4-12(10)18-2/h3-6H,7,15H2,1-2H3. The second-order valence-electron chi connectivity index (χ2n) is 3.86. The van der Waals surface area contributed by atoms with E-state index < -0.39 is 0 Å². The van der Waals surface area contributed by atoms with Gasteiger partial charge in [0.15, 0.2) is 0 Å². The average Bonchev–Trinajstić information content (AvgIpc) is 2.38. The van der Waals surface area contributed by atoms with Gasteiger partial charge in [0.2, 0.25) is 0 Å². The highest BCUT2D eigenvalue weighted by atomic mass is 35.5. The highest BCUT2D eigenvalue weighted by molar-refractivity contribution is 6.30. The van der Waals surface area contributed by atoms with Gasteiger partial charge < -0.3 is 10.5 Å². The normalized spacial score (nSPS) is 10.4. The lowest BCUT2D eigenvalue weighted by molar-refractivity contribution is 0.416. The molecule has 2 N–H and O–H groups in total. The van der Waals surface area contributed by atoms with Gasteiger partial charge in [-0.25, -0.2) is 9.97 Å². The summed E-state index contributed by atoms with van der Waals surface area (Å²) < 4.78 is 5.32. The molecule has 1 aromatic heterocycles. The van der Waals surface area contributed by atoms with Crippen molar-refractivity contribution in [1.29, 1.82) is 0 Å². The maximum Gasteiger partial charge on any atom is 0.142 e. The molecule has 0 unspecified atom stereocenters. The number of ether oxygens (including phenoxy) is 1. The Labute approximate surface area is 111 Å². The van der Waals surface area contributed by atoms with Crippen LogP contribution in [0.2, 0.25) is 5.02 Å². The molecule has 0 aliphatic heterocycles. The molecule has 0 bridgehead atoms. The van der Waals surface area contributed by atoms with Crippen LogP contribution in [0.15, 0.2) is 24.3 Å². The van der Waals surface area contributed by atoms with Crippen molar-refractivity contribution in [2.45, 2.75) is 13.5 Å². The number of nitrogens with zero attached hydrogens (tertiary/aromatic N) is 2. The van der Waals surface area contributed by atoms with E-state index in [9.17, 15) is 0 Å². The third-order valence-corrected chi connectivity index (χ3v) is 2.76. The lowest BCUT2D eigenvalue weighted by Crippen LogP contribution is -2.05. The summed E-state index contributed by atoms with van der Waals surface area (Å²) in [6.45, 7) is 2.21. The fourth-order valence-corrected chi connectivity index (χ4v) is 1.91. The van der Waals surface area contributed by atoms with Crippen molar-refractivity contribution < 1.29 is 4.74 Å². The Balaban J connectivity index is 2.60. The molecule has 94 valence electrons. The van der Waals surface area contributed by atoms with Crippen molar-refractivity contribution in [3.05, 3.63) is 40.8 Å². The molecule has 5 heteroatoms. The minimum Gasteiger partial charge on any atom is -0.496 e. The largest absolute Gasteiger partial charge is 0.496 e. The number of aryl methyl sites for hydroxylation is 1. The number of benzene rings is 1. The van der Waals surface area contributed by atoms with Crippen LogP contribution in [-0.4, -0.2) is 17.1 Å². The monoisotopic (exact) mass is 263 g/mol. The van der Waals surface area contributed by atoms with Gasteiger partial charge in [-0.15, -0.1) is 0 Å². The topological polar surface area (TPSA) is 61.0 Å². The average molecular weight is 264 g/mol. The Morgan fingerprint density at radius 2 is 2.06 bits per heavy atom. The zero-order valence-electron chi connectivity index (χ0n) is 10.3. The molecule has 1 aromatic carbocycles. The van der Waals surface area contributed by atoms with Crippen molar-refractivity contribution in [1.82, 2.24) is 9.97 Å². The lowest BCUT2D eigenvalue weighted by Gasteiger charge is -2.10. The first-order chi connectivity index (χ1) is 8.63. The number of methoxy groups -OCH3 is 1. The van der Waals surface area contributed by atoms with E-state index in [2.05, 4.69) is 9.97 Å². The Morgan fingerprint density at radius 1 is 1.28 bits per heavy atom. The molecule has 0 saturated carbocycles. The molecule has 0 saturated heterocycles. The van der Waals surface area contributed by atoms with E-state index in [1.807, 2.05) is 25.1 Å². The fourth-order valence-electron chi connectivity index (χ4n) is 1.74. The highest BCUT2D eigenvalue weighted by Crippen LogP contribution is 2.31. The van der Waals surface area contributed by atoms with Gasteiger partial charge >= 0.3 is 0 Å². The van der Waals surface area contributed by atoms with Gasteiger partial charge in [-0.2, -0.15) is 0 Å². The number of aromatic nitrogens is 2. The Morgan fingerprint density at radius 3 is 2.72 bits per heavy atom. The molecular formula is C13H14ClN3O. The molecule has 1 heterocycles. The summed E-state index contributed by atoms with van der Waals surface area (Å²) in [6.07, 6.45) is 0. The summed E-state index contributed by atoms with van der Waals surface area (Å²) in [5.74, 6) is 1.33. The molecule has 0 spiro atoms. The zero-order chi connectivity index (χ0) is 13.1. The fraction of sp³-hybridized carbons (Fsp3) is 0.231. The third-order valence-electron chi connectivity index (χ3n) is 2.52. The van der Waals surface area contributed by atoms with Crippen molar-refractivity contribution >= 4 is 11.6 Å². The van der Waals surface area contributed by atoms with Gasteiger partial charge in [-0.05, 0) is 31.2 Å². The van der Waals surface area contributed by atoms with Crippen LogP contribution in [0.25, 0.3) is 11.3 Å². The Bertz CT molecular complexity index is 572. The molecule has 0 amide bonds. The Kier molecular flexibility index (Phi) is 3.79. The van der Waals surface area contributed by atoms with Crippen molar-refractivity contribution in [3.63, 3.8) is 0 Å². The van der Waals surface area contributed by atoms with Crippen LogP contribution in [0, 0.1) is 6.92 Å².